The van der Waals surface area contributed by atoms with Gasteiger partial charge in [0.05, 0.1) is 13.7 Å². The molecule has 1 rings (SSSR count). The smallest absolute Gasteiger partial charge is 0.330 e. The molecule has 0 saturated carbocycles. The Balaban J connectivity index is 2.58. The first-order chi connectivity index (χ1) is 6.77. The normalized spacial score (nSPS) is 15.3. The van der Waals surface area contributed by atoms with Gasteiger partial charge in [-0.25, -0.2) is 4.79 Å². The highest BCUT2D eigenvalue weighted by Crippen LogP contribution is 2.20. The van der Waals surface area contributed by atoms with Gasteiger partial charge in [0.15, 0.2) is 0 Å². The zero-order valence-corrected chi connectivity index (χ0v) is 8.45. The van der Waals surface area contributed by atoms with Crippen LogP contribution >= 0.6 is 0 Å². The van der Waals surface area contributed by atoms with Gasteiger partial charge in [-0.2, -0.15) is 0 Å². The summed E-state index contributed by atoms with van der Waals surface area (Å²) < 4.78 is 9.89. The van der Waals surface area contributed by atoms with Crippen molar-refractivity contribution in [3.63, 3.8) is 0 Å². The maximum absolute atomic E-state index is 11.0. The zero-order chi connectivity index (χ0) is 10.4. The Morgan fingerprint density at radius 1 is 1.64 bits per heavy atom. The van der Waals surface area contributed by atoms with E-state index in [2.05, 4.69) is 0 Å². The summed E-state index contributed by atoms with van der Waals surface area (Å²) in [6, 6.07) is 0. The monoisotopic (exact) mass is 194 g/mol. The fourth-order valence-corrected chi connectivity index (χ4v) is 1.20. The molecule has 0 fully saturated rings. The van der Waals surface area contributed by atoms with Gasteiger partial charge in [-0.1, -0.05) is 12.2 Å². The molecule has 0 atom stereocenters. The van der Waals surface area contributed by atoms with Crippen molar-refractivity contribution in [2.24, 2.45) is 0 Å². The van der Waals surface area contributed by atoms with Gasteiger partial charge in [0, 0.05) is 18.1 Å². The molecule has 0 radical (unpaired) electrons. The molecule has 0 spiro atoms. The molecule has 1 aliphatic rings. The fourth-order valence-electron chi connectivity index (χ4n) is 1.20. The van der Waals surface area contributed by atoms with E-state index in [0.717, 1.165) is 17.8 Å². The van der Waals surface area contributed by atoms with Gasteiger partial charge < -0.3 is 9.47 Å². The van der Waals surface area contributed by atoms with Gasteiger partial charge in [-0.3, -0.25) is 0 Å². The van der Waals surface area contributed by atoms with Crippen molar-refractivity contribution in [2.45, 2.75) is 13.3 Å². The van der Waals surface area contributed by atoms with Crippen LogP contribution in [0, 0.1) is 0 Å². The minimum Gasteiger partial charge on any atom is -0.500 e. The molecule has 76 valence electrons. The summed E-state index contributed by atoms with van der Waals surface area (Å²) in [7, 11) is 1.63. The number of esters is 1. The van der Waals surface area contributed by atoms with Crippen molar-refractivity contribution in [3.05, 3.63) is 35.6 Å². The van der Waals surface area contributed by atoms with Crippen molar-refractivity contribution in [2.75, 3.05) is 13.7 Å². The summed E-state index contributed by atoms with van der Waals surface area (Å²) in [5.74, 6) is 0.557. The lowest BCUT2D eigenvalue weighted by Crippen LogP contribution is -1.99. The van der Waals surface area contributed by atoms with Crippen LogP contribution in [0.25, 0.3) is 0 Å². The highest BCUT2D eigenvalue weighted by Gasteiger charge is 2.06. The molecule has 0 bridgehead atoms. The first-order valence-corrected chi connectivity index (χ1v) is 4.56. The van der Waals surface area contributed by atoms with Crippen LogP contribution in [0.15, 0.2) is 35.6 Å². The third-order valence-electron chi connectivity index (χ3n) is 1.85. The van der Waals surface area contributed by atoms with Crippen LogP contribution in [0.5, 0.6) is 0 Å². The van der Waals surface area contributed by atoms with Crippen molar-refractivity contribution >= 4 is 5.97 Å². The second-order valence-corrected chi connectivity index (χ2v) is 2.77. The largest absolute Gasteiger partial charge is 0.500 e. The molecule has 0 aromatic rings. The molecular weight excluding hydrogens is 180 g/mol. The standard InChI is InChI=1S/C11H14O3/c1-3-14-11(12)8-7-9-5-4-6-10(9)13-2/h4-5,7-8H,3,6H2,1-2H3/b8-7+. The number of ether oxygens (including phenoxy) is 2. The maximum Gasteiger partial charge on any atom is 0.330 e. The highest BCUT2D eigenvalue weighted by molar-refractivity contribution is 5.82. The van der Waals surface area contributed by atoms with E-state index in [1.807, 2.05) is 12.2 Å². The molecule has 3 nitrogen and oxygen atoms in total. The Bertz CT molecular complexity index is 298. The predicted octanol–water partition coefficient (Wildman–Crippen LogP) is 1.97. The number of carbonyl (C=O) groups is 1. The molecule has 0 unspecified atom stereocenters. The van der Waals surface area contributed by atoms with Crippen molar-refractivity contribution in [1.82, 2.24) is 0 Å². The number of allylic oxidation sites excluding steroid dienone is 4. The summed E-state index contributed by atoms with van der Waals surface area (Å²) in [5, 5.41) is 0. The summed E-state index contributed by atoms with van der Waals surface area (Å²) in [6.45, 7) is 2.18. The molecule has 0 aromatic heterocycles. The topological polar surface area (TPSA) is 35.5 Å². The summed E-state index contributed by atoms with van der Waals surface area (Å²) in [5.41, 5.74) is 0.931. The second kappa shape index (κ2) is 5.27. The summed E-state index contributed by atoms with van der Waals surface area (Å²) in [6.07, 6.45) is 7.82. The van der Waals surface area contributed by atoms with Crippen LogP contribution in [0.2, 0.25) is 0 Å². The van der Waals surface area contributed by atoms with Crippen LogP contribution in [0.1, 0.15) is 13.3 Å². The van der Waals surface area contributed by atoms with Crippen molar-refractivity contribution < 1.29 is 14.3 Å². The van der Waals surface area contributed by atoms with Crippen LogP contribution < -0.4 is 0 Å². The molecular formula is C11H14O3. The van der Waals surface area contributed by atoms with E-state index in [4.69, 9.17) is 9.47 Å². The van der Waals surface area contributed by atoms with Gasteiger partial charge in [0.1, 0.15) is 5.76 Å². The number of carbonyl (C=O) groups excluding carboxylic acids is 1. The van der Waals surface area contributed by atoms with E-state index in [1.54, 1.807) is 20.1 Å². The van der Waals surface area contributed by atoms with Gasteiger partial charge >= 0.3 is 5.97 Å². The lowest BCUT2D eigenvalue weighted by atomic mass is 10.2. The van der Waals surface area contributed by atoms with Gasteiger partial charge in [0.25, 0.3) is 0 Å². The van der Waals surface area contributed by atoms with E-state index in [9.17, 15) is 4.79 Å². The van der Waals surface area contributed by atoms with E-state index < -0.39 is 0 Å². The summed E-state index contributed by atoms with van der Waals surface area (Å²) >= 11 is 0. The average Bonchev–Trinajstić information content (AvgIpc) is 2.62. The van der Waals surface area contributed by atoms with Crippen LogP contribution in [0.4, 0.5) is 0 Å². The SMILES string of the molecule is CCOC(=O)/C=C/C1=C(OC)CC=C1. The Kier molecular flexibility index (Phi) is 3.98. The van der Waals surface area contributed by atoms with Gasteiger partial charge in [-0.05, 0) is 13.0 Å². The van der Waals surface area contributed by atoms with Gasteiger partial charge in [-0.15, -0.1) is 0 Å². The van der Waals surface area contributed by atoms with E-state index in [1.165, 1.54) is 6.08 Å². The van der Waals surface area contributed by atoms with Crippen molar-refractivity contribution in [1.29, 1.82) is 0 Å². The molecule has 3 heteroatoms. The Morgan fingerprint density at radius 3 is 3.07 bits per heavy atom. The minimum absolute atomic E-state index is 0.323. The third kappa shape index (κ3) is 2.76. The molecule has 0 N–H and O–H groups in total. The fraction of sp³-hybridized carbons (Fsp3) is 0.364. The maximum atomic E-state index is 11.0. The lowest BCUT2D eigenvalue weighted by Gasteiger charge is -2.00. The van der Waals surface area contributed by atoms with E-state index in [0.29, 0.717) is 6.61 Å². The zero-order valence-electron chi connectivity index (χ0n) is 8.45. The molecule has 0 aliphatic heterocycles. The minimum atomic E-state index is -0.323. The quantitative estimate of drug-likeness (QED) is 0.507. The van der Waals surface area contributed by atoms with Crippen LogP contribution in [-0.4, -0.2) is 19.7 Å². The summed E-state index contributed by atoms with van der Waals surface area (Å²) in [4.78, 5) is 11.0. The predicted molar refractivity (Wildman–Crippen MR) is 53.6 cm³/mol. The molecule has 14 heavy (non-hydrogen) atoms. The Labute approximate surface area is 83.7 Å². The van der Waals surface area contributed by atoms with Crippen molar-refractivity contribution in [3.8, 4) is 0 Å². The van der Waals surface area contributed by atoms with Gasteiger partial charge in [0.2, 0.25) is 0 Å². The Hall–Kier alpha value is -1.51. The molecule has 1 aliphatic carbocycles. The Morgan fingerprint density at radius 2 is 2.43 bits per heavy atom. The number of methoxy groups -OCH3 is 1. The molecule has 0 amide bonds. The molecule has 0 heterocycles. The number of rotatable bonds is 4. The number of hydrogen-bond donors (Lipinski definition) is 0. The van der Waals surface area contributed by atoms with Crippen LogP contribution in [-0.2, 0) is 14.3 Å². The lowest BCUT2D eigenvalue weighted by molar-refractivity contribution is -0.137. The van der Waals surface area contributed by atoms with Crippen LogP contribution in [0.3, 0.4) is 0 Å². The first-order valence-electron chi connectivity index (χ1n) is 4.56. The second-order valence-electron chi connectivity index (χ2n) is 2.77. The molecule has 0 saturated heterocycles. The van der Waals surface area contributed by atoms with E-state index >= 15 is 0 Å². The number of hydrogen-bond acceptors (Lipinski definition) is 3. The third-order valence-corrected chi connectivity index (χ3v) is 1.85. The first kappa shape index (κ1) is 10.6. The van der Waals surface area contributed by atoms with E-state index in [-0.39, 0.29) is 5.97 Å². The molecule has 0 aromatic carbocycles. The highest BCUT2D eigenvalue weighted by atomic mass is 16.5. The average molecular weight is 194 g/mol.